The monoisotopic (exact) mass is 993 g/mol. The second kappa shape index (κ2) is 19.8. The first-order chi connectivity index (χ1) is 37.9. The third kappa shape index (κ3) is 8.26. The van der Waals surface area contributed by atoms with E-state index in [1.165, 1.54) is 122 Å². The Kier molecular flexibility index (Phi) is 12.3. The summed E-state index contributed by atoms with van der Waals surface area (Å²) in [6.45, 7) is 11.2. The van der Waals surface area contributed by atoms with E-state index in [-0.39, 0.29) is 5.41 Å². The van der Waals surface area contributed by atoms with Crippen molar-refractivity contribution >= 4 is 65.9 Å². The number of rotatable bonds is 8. The molecule has 0 radical (unpaired) electrons. The highest BCUT2D eigenvalue weighted by Crippen LogP contribution is 2.50. The van der Waals surface area contributed by atoms with Gasteiger partial charge in [0.1, 0.15) is 0 Å². The third-order valence-electron chi connectivity index (χ3n) is 16.9. The standard InChI is InChI=1S/C73H58N2.C2H6/c1-48-29-31-51(32-30-48)53-35-42-70-66(47-53)72-59(52-19-8-5-9-20-52)26-16-28-71(72)75(70)69-44-41-63(61-23-11-13-25-65(61)69)62-40-43-68(64-24-12-10-22-60(62)64)74(56-37-33-50(34-38-56)49-17-6-4-7-18-49)57-39-36-55-45-54(46-57)58-21-14-15-27-67(58)73(55,2)3;1-2/h4-29,31-35,37-38,40-48,55H,30,36,39H2,1-3H3;1-2H3. The van der Waals surface area contributed by atoms with Crippen LogP contribution in [0.15, 0.2) is 254 Å². The van der Waals surface area contributed by atoms with Gasteiger partial charge in [-0.2, -0.15) is 0 Å². The lowest BCUT2D eigenvalue weighted by atomic mass is 9.66. The van der Waals surface area contributed by atoms with Crippen LogP contribution in [0, 0.1) is 11.8 Å². The van der Waals surface area contributed by atoms with E-state index in [0.29, 0.717) is 11.8 Å². The number of anilines is 2. The van der Waals surface area contributed by atoms with Crippen molar-refractivity contribution in [3.8, 4) is 39.1 Å². The van der Waals surface area contributed by atoms with Gasteiger partial charge in [-0.25, -0.2) is 0 Å². The molecule has 1 aromatic heterocycles. The van der Waals surface area contributed by atoms with Gasteiger partial charge in [-0.1, -0.05) is 235 Å². The highest BCUT2D eigenvalue weighted by atomic mass is 15.2. The molecule has 0 amide bonds. The molecule has 2 bridgehead atoms. The van der Waals surface area contributed by atoms with Crippen LogP contribution < -0.4 is 4.90 Å². The zero-order valence-electron chi connectivity index (χ0n) is 44.8. The molecule has 77 heavy (non-hydrogen) atoms. The molecule has 374 valence electrons. The second-order valence-electron chi connectivity index (χ2n) is 21.6. The number of hydrogen-bond acceptors (Lipinski definition) is 1. The van der Waals surface area contributed by atoms with E-state index in [1.807, 2.05) is 13.8 Å². The summed E-state index contributed by atoms with van der Waals surface area (Å²) in [5.41, 5.74) is 21.3. The highest BCUT2D eigenvalue weighted by molar-refractivity contribution is 6.18. The first-order valence-electron chi connectivity index (χ1n) is 27.9. The normalized spacial score (nSPS) is 16.5. The molecule has 10 aromatic carbocycles. The van der Waals surface area contributed by atoms with Gasteiger partial charge in [-0.05, 0) is 157 Å². The lowest BCUT2D eigenvalue weighted by molar-refractivity contribution is 0.358. The Morgan fingerprint density at radius 3 is 1.86 bits per heavy atom. The SMILES string of the molecule is CC.CC1C=CC(c2ccc3c(c2)c2c(-c4ccccc4)cccc2n3-c2ccc(-c3ccc(N(C4=CC5=CC(CC4)C(C)(C)c4ccccc45)c4ccc(-c5ccccc5)cc4)c4ccccc34)c3ccccc23)=CC1. The summed E-state index contributed by atoms with van der Waals surface area (Å²) in [6.07, 6.45) is 15.2. The number of allylic oxidation sites excluding steroid dienone is 8. The fraction of sp³-hybridized carbons (Fsp3) is 0.147. The molecule has 0 saturated carbocycles. The summed E-state index contributed by atoms with van der Waals surface area (Å²) in [5.74, 6) is 0.990. The molecule has 1 heterocycles. The minimum absolute atomic E-state index is 0.0394. The summed E-state index contributed by atoms with van der Waals surface area (Å²) in [7, 11) is 0. The van der Waals surface area contributed by atoms with Crippen molar-refractivity contribution in [1.82, 2.24) is 4.57 Å². The Hall–Kier alpha value is -8.72. The molecule has 2 heteroatoms. The predicted octanol–water partition coefficient (Wildman–Crippen LogP) is 20.9. The molecule has 2 unspecified atom stereocenters. The van der Waals surface area contributed by atoms with Crippen LogP contribution in [0.1, 0.15) is 70.6 Å². The van der Waals surface area contributed by atoms with Crippen LogP contribution >= 0.6 is 0 Å². The smallest absolute Gasteiger partial charge is 0.0547 e. The molecule has 2 nitrogen and oxygen atoms in total. The largest absolute Gasteiger partial charge is 0.314 e. The molecule has 14 rings (SSSR count). The van der Waals surface area contributed by atoms with Crippen LogP contribution in [0.4, 0.5) is 11.4 Å². The van der Waals surface area contributed by atoms with Crippen LogP contribution in [-0.2, 0) is 5.41 Å². The number of aromatic nitrogens is 1. The van der Waals surface area contributed by atoms with Crippen molar-refractivity contribution in [3.63, 3.8) is 0 Å². The highest BCUT2D eigenvalue weighted by Gasteiger charge is 2.38. The first kappa shape index (κ1) is 48.0. The molecule has 0 saturated heterocycles. The summed E-state index contributed by atoms with van der Waals surface area (Å²) >= 11 is 0. The molecule has 3 aliphatic carbocycles. The Balaban J connectivity index is 0.00000280. The number of fused-ring (bicyclic) bond motifs is 8. The number of hydrogen-bond donors (Lipinski definition) is 0. The van der Waals surface area contributed by atoms with Crippen LogP contribution in [-0.4, -0.2) is 4.57 Å². The Morgan fingerprint density at radius 1 is 0.494 bits per heavy atom. The van der Waals surface area contributed by atoms with Crippen LogP contribution in [0.25, 0.3) is 93.6 Å². The fourth-order valence-corrected chi connectivity index (χ4v) is 12.9. The van der Waals surface area contributed by atoms with E-state index < -0.39 is 0 Å². The zero-order chi connectivity index (χ0) is 52.2. The Bertz CT molecular complexity index is 4180. The topological polar surface area (TPSA) is 8.17 Å². The second-order valence-corrected chi connectivity index (χ2v) is 21.6. The maximum Gasteiger partial charge on any atom is 0.0547 e. The molecule has 2 atom stereocenters. The van der Waals surface area contributed by atoms with Crippen LogP contribution in [0.5, 0.6) is 0 Å². The van der Waals surface area contributed by atoms with Gasteiger partial charge in [-0.15, -0.1) is 0 Å². The van der Waals surface area contributed by atoms with Gasteiger partial charge in [-0.3, -0.25) is 0 Å². The van der Waals surface area contributed by atoms with Crippen LogP contribution in [0.2, 0.25) is 0 Å². The van der Waals surface area contributed by atoms with E-state index in [4.69, 9.17) is 0 Å². The minimum atomic E-state index is 0.0394. The van der Waals surface area contributed by atoms with Crippen molar-refractivity contribution in [2.24, 2.45) is 11.8 Å². The first-order valence-corrected chi connectivity index (χ1v) is 27.9. The summed E-state index contributed by atoms with van der Waals surface area (Å²) < 4.78 is 2.52. The van der Waals surface area contributed by atoms with E-state index in [9.17, 15) is 0 Å². The summed E-state index contributed by atoms with van der Waals surface area (Å²) in [4.78, 5) is 2.57. The van der Waals surface area contributed by atoms with Crippen molar-refractivity contribution in [1.29, 1.82) is 0 Å². The molecule has 0 N–H and O–H groups in total. The zero-order valence-corrected chi connectivity index (χ0v) is 44.8. The van der Waals surface area contributed by atoms with Crippen molar-refractivity contribution in [2.45, 2.75) is 59.3 Å². The Labute approximate surface area is 454 Å². The van der Waals surface area contributed by atoms with Gasteiger partial charge in [0.2, 0.25) is 0 Å². The number of benzene rings is 10. The lowest BCUT2D eigenvalue weighted by Crippen LogP contribution is -2.31. The lowest BCUT2D eigenvalue weighted by Gasteiger charge is -2.38. The minimum Gasteiger partial charge on any atom is -0.314 e. The van der Waals surface area contributed by atoms with Gasteiger partial charge in [0.05, 0.1) is 22.4 Å². The van der Waals surface area contributed by atoms with E-state index >= 15 is 0 Å². The van der Waals surface area contributed by atoms with E-state index in [2.05, 4.69) is 279 Å². The Morgan fingerprint density at radius 2 is 1.12 bits per heavy atom. The molecular formula is C75H64N2. The average Bonchev–Trinajstić information content (AvgIpc) is 3.76. The summed E-state index contributed by atoms with van der Waals surface area (Å²) in [5, 5.41) is 7.44. The van der Waals surface area contributed by atoms with Crippen molar-refractivity contribution in [3.05, 3.63) is 271 Å². The van der Waals surface area contributed by atoms with Gasteiger partial charge in [0, 0.05) is 32.9 Å². The van der Waals surface area contributed by atoms with Gasteiger partial charge in [0.25, 0.3) is 0 Å². The van der Waals surface area contributed by atoms with Gasteiger partial charge >= 0.3 is 0 Å². The van der Waals surface area contributed by atoms with E-state index in [0.717, 1.165) is 24.9 Å². The third-order valence-corrected chi connectivity index (χ3v) is 16.9. The van der Waals surface area contributed by atoms with Gasteiger partial charge < -0.3 is 9.47 Å². The molecule has 0 spiro atoms. The molecule has 11 aromatic rings. The van der Waals surface area contributed by atoms with Crippen molar-refractivity contribution in [2.75, 3.05) is 4.90 Å². The quantitative estimate of drug-likeness (QED) is 0.147. The summed E-state index contributed by atoms with van der Waals surface area (Å²) in [6, 6.07) is 81.6. The molecule has 0 fully saturated rings. The fourth-order valence-electron chi connectivity index (χ4n) is 12.9. The van der Waals surface area contributed by atoms with Gasteiger partial charge in [0.15, 0.2) is 0 Å². The molecule has 3 aliphatic rings. The van der Waals surface area contributed by atoms with Crippen molar-refractivity contribution < 1.29 is 0 Å². The molecule has 0 aliphatic heterocycles. The molecular weight excluding hydrogens is 929 g/mol. The maximum atomic E-state index is 2.57. The van der Waals surface area contributed by atoms with Crippen LogP contribution in [0.3, 0.4) is 0 Å². The maximum absolute atomic E-state index is 2.57. The van der Waals surface area contributed by atoms with E-state index in [1.54, 1.807) is 0 Å². The predicted molar refractivity (Wildman–Crippen MR) is 331 cm³/mol. The number of nitrogens with zero attached hydrogens (tertiary/aromatic N) is 2. The average molecular weight is 993 g/mol.